The molecule has 34 heavy (non-hydrogen) atoms. The van der Waals surface area contributed by atoms with Gasteiger partial charge in [0.05, 0.1) is 13.2 Å². The van der Waals surface area contributed by atoms with Crippen LogP contribution in [0.4, 0.5) is 4.39 Å². The first-order chi connectivity index (χ1) is 16.1. The van der Waals surface area contributed by atoms with Crippen molar-refractivity contribution in [2.45, 2.75) is 72.5 Å². The van der Waals surface area contributed by atoms with E-state index >= 15 is 0 Å². The molecule has 186 valence electrons. The molecule has 0 bridgehead atoms. The van der Waals surface area contributed by atoms with E-state index in [4.69, 9.17) is 9.47 Å². The fraction of sp³-hybridized carbons (Fsp3) is 0.481. The third-order valence-corrected chi connectivity index (χ3v) is 5.20. The van der Waals surface area contributed by atoms with E-state index in [-0.39, 0.29) is 24.8 Å². The number of ether oxygens (including phenoxy) is 2. The molecular formula is C27H37FN2O4. The molecule has 0 saturated carbocycles. The lowest BCUT2D eigenvalue weighted by atomic mass is 10.1. The van der Waals surface area contributed by atoms with Gasteiger partial charge in [0.1, 0.15) is 11.9 Å². The summed E-state index contributed by atoms with van der Waals surface area (Å²) in [7, 11) is 0. The number of carbonyl (C=O) groups excluding carboxylic acids is 2. The normalized spacial score (nSPS) is 12.1. The largest absolute Gasteiger partial charge is 0.490 e. The quantitative estimate of drug-likeness (QED) is 0.506. The number of hydrogen-bond acceptors (Lipinski definition) is 4. The summed E-state index contributed by atoms with van der Waals surface area (Å²) in [6.45, 7) is 12.1. The van der Waals surface area contributed by atoms with Crippen molar-refractivity contribution in [2.75, 3.05) is 13.2 Å². The van der Waals surface area contributed by atoms with Crippen molar-refractivity contribution in [1.82, 2.24) is 10.2 Å². The summed E-state index contributed by atoms with van der Waals surface area (Å²) in [4.78, 5) is 27.6. The summed E-state index contributed by atoms with van der Waals surface area (Å²) < 4.78 is 25.6. The summed E-state index contributed by atoms with van der Waals surface area (Å²) >= 11 is 0. The molecule has 0 heterocycles. The van der Waals surface area contributed by atoms with E-state index in [1.54, 1.807) is 25.1 Å². The molecule has 0 aliphatic rings. The Labute approximate surface area is 202 Å². The molecule has 0 saturated heterocycles. The molecule has 0 radical (unpaired) electrons. The Bertz CT molecular complexity index is 971. The van der Waals surface area contributed by atoms with Crippen LogP contribution in [0, 0.1) is 5.82 Å². The zero-order valence-electron chi connectivity index (χ0n) is 21.1. The van der Waals surface area contributed by atoms with E-state index < -0.39 is 17.4 Å². The maximum absolute atomic E-state index is 14.4. The number of amides is 2. The molecule has 0 aliphatic carbocycles. The number of hydrogen-bond donors (Lipinski definition) is 1. The second kappa shape index (κ2) is 12.4. The SMILES string of the molecule is CCOc1ccc(CCC(=O)N(Cc2ccccc2F)[C@H](C)C(=O)NC(C)(C)C)cc1OCC. The van der Waals surface area contributed by atoms with Crippen molar-refractivity contribution in [1.29, 1.82) is 0 Å². The molecule has 0 unspecified atom stereocenters. The highest BCUT2D eigenvalue weighted by Gasteiger charge is 2.28. The van der Waals surface area contributed by atoms with Crippen molar-refractivity contribution in [3.8, 4) is 11.5 Å². The van der Waals surface area contributed by atoms with Crippen molar-refractivity contribution in [3.63, 3.8) is 0 Å². The topological polar surface area (TPSA) is 67.9 Å². The van der Waals surface area contributed by atoms with Gasteiger partial charge in [-0.05, 0) is 71.7 Å². The Hall–Kier alpha value is -3.09. The average Bonchev–Trinajstić information content (AvgIpc) is 2.77. The maximum atomic E-state index is 14.4. The Balaban J connectivity index is 2.21. The predicted octanol–water partition coefficient (Wildman–Crippen LogP) is 4.89. The molecule has 0 aliphatic heterocycles. The van der Waals surface area contributed by atoms with Crippen LogP contribution in [0.3, 0.4) is 0 Å². The van der Waals surface area contributed by atoms with Gasteiger partial charge in [0.2, 0.25) is 11.8 Å². The third-order valence-electron chi connectivity index (χ3n) is 5.20. The van der Waals surface area contributed by atoms with Crippen LogP contribution in [0.2, 0.25) is 0 Å². The average molecular weight is 473 g/mol. The summed E-state index contributed by atoms with van der Waals surface area (Å²) in [5.41, 5.74) is 0.833. The van der Waals surface area contributed by atoms with Gasteiger partial charge in [-0.1, -0.05) is 24.3 Å². The van der Waals surface area contributed by atoms with Crippen molar-refractivity contribution < 1.29 is 23.5 Å². The number of benzene rings is 2. The first-order valence-electron chi connectivity index (χ1n) is 11.8. The number of carbonyl (C=O) groups is 2. The molecule has 2 amide bonds. The van der Waals surface area contributed by atoms with Crippen LogP contribution < -0.4 is 14.8 Å². The maximum Gasteiger partial charge on any atom is 0.242 e. The van der Waals surface area contributed by atoms with Crippen molar-refractivity contribution >= 4 is 11.8 Å². The zero-order valence-corrected chi connectivity index (χ0v) is 21.1. The highest BCUT2D eigenvalue weighted by Crippen LogP contribution is 2.29. The molecule has 0 spiro atoms. The predicted molar refractivity (Wildman–Crippen MR) is 131 cm³/mol. The van der Waals surface area contributed by atoms with E-state index in [2.05, 4.69) is 5.32 Å². The van der Waals surface area contributed by atoms with Gasteiger partial charge in [-0.15, -0.1) is 0 Å². The van der Waals surface area contributed by atoms with Gasteiger partial charge in [0.25, 0.3) is 0 Å². The van der Waals surface area contributed by atoms with Crippen LogP contribution in [0.5, 0.6) is 11.5 Å². The van der Waals surface area contributed by atoms with Gasteiger partial charge in [0.15, 0.2) is 11.5 Å². The highest BCUT2D eigenvalue weighted by molar-refractivity contribution is 5.87. The summed E-state index contributed by atoms with van der Waals surface area (Å²) in [6.07, 6.45) is 0.619. The first-order valence-corrected chi connectivity index (χ1v) is 11.8. The van der Waals surface area contributed by atoms with Gasteiger partial charge in [-0.2, -0.15) is 0 Å². The van der Waals surface area contributed by atoms with Crippen LogP contribution in [-0.2, 0) is 22.6 Å². The van der Waals surface area contributed by atoms with Crippen LogP contribution >= 0.6 is 0 Å². The van der Waals surface area contributed by atoms with Gasteiger partial charge in [0, 0.05) is 24.1 Å². The zero-order chi connectivity index (χ0) is 25.3. The fourth-order valence-electron chi connectivity index (χ4n) is 3.51. The molecule has 2 aromatic carbocycles. The fourth-order valence-corrected chi connectivity index (χ4v) is 3.51. The van der Waals surface area contributed by atoms with Crippen molar-refractivity contribution in [2.24, 2.45) is 0 Å². The standard InChI is InChI=1S/C27H37FN2O4/c1-7-33-23-15-13-20(17-24(23)34-8-2)14-16-25(31)30(18-21-11-9-10-12-22(21)28)19(3)26(32)29-27(4,5)6/h9-13,15,17,19H,7-8,14,16,18H2,1-6H3,(H,29,32)/t19-/m1/s1. The number of nitrogens with zero attached hydrogens (tertiary/aromatic N) is 1. The van der Waals surface area contributed by atoms with Gasteiger partial charge < -0.3 is 19.7 Å². The Kier molecular flexibility index (Phi) is 9.90. The van der Waals surface area contributed by atoms with Gasteiger partial charge in [-0.3, -0.25) is 9.59 Å². The Morgan fingerprint density at radius 3 is 2.29 bits per heavy atom. The van der Waals surface area contributed by atoms with E-state index in [1.165, 1.54) is 11.0 Å². The summed E-state index contributed by atoms with van der Waals surface area (Å²) in [6, 6.07) is 11.2. The molecule has 1 atom stereocenters. The smallest absolute Gasteiger partial charge is 0.242 e. The summed E-state index contributed by atoms with van der Waals surface area (Å²) in [5.74, 6) is 0.378. The van der Waals surface area contributed by atoms with Crippen molar-refractivity contribution in [3.05, 3.63) is 59.4 Å². The Morgan fingerprint density at radius 2 is 1.68 bits per heavy atom. The highest BCUT2D eigenvalue weighted by atomic mass is 19.1. The Morgan fingerprint density at radius 1 is 1.03 bits per heavy atom. The number of rotatable bonds is 11. The van der Waals surface area contributed by atoms with Gasteiger partial charge in [-0.25, -0.2) is 4.39 Å². The number of nitrogens with one attached hydrogen (secondary N) is 1. The van der Waals surface area contributed by atoms with Crippen LogP contribution in [0.15, 0.2) is 42.5 Å². The van der Waals surface area contributed by atoms with Crippen LogP contribution in [0.1, 0.15) is 59.1 Å². The van der Waals surface area contributed by atoms with E-state index in [9.17, 15) is 14.0 Å². The van der Waals surface area contributed by atoms with E-state index in [1.807, 2.05) is 52.8 Å². The number of halogens is 1. The molecular weight excluding hydrogens is 435 g/mol. The van der Waals surface area contributed by atoms with E-state index in [0.29, 0.717) is 36.7 Å². The molecule has 0 fully saturated rings. The lowest BCUT2D eigenvalue weighted by molar-refractivity contribution is -0.141. The molecule has 1 N–H and O–H groups in total. The second-order valence-electron chi connectivity index (χ2n) is 9.18. The monoisotopic (exact) mass is 472 g/mol. The lowest BCUT2D eigenvalue weighted by Gasteiger charge is -2.31. The number of aryl methyl sites for hydroxylation is 1. The molecule has 2 aromatic rings. The van der Waals surface area contributed by atoms with Crippen LogP contribution in [0.25, 0.3) is 0 Å². The third kappa shape index (κ3) is 8.04. The molecule has 2 rings (SSSR count). The summed E-state index contributed by atoms with van der Waals surface area (Å²) in [5, 5.41) is 2.91. The van der Waals surface area contributed by atoms with Crippen LogP contribution in [-0.4, -0.2) is 41.5 Å². The molecule has 7 heteroatoms. The molecule has 0 aromatic heterocycles. The van der Waals surface area contributed by atoms with E-state index in [0.717, 1.165) is 5.56 Å². The lowest BCUT2D eigenvalue weighted by Crippen LogP contribution is -2.52. The van der Waals surface area contributed by atoms with Gasteiger partial charge >= 0.3 is 0 Å². The minimum absolute atomic E-state index is 0.0116. The second-order valence-corrected chi connectivity index (χ2v) is 9.18. The minimum atomic E-state index is -0.759. The first kappa shape index (κ1) is 27.2. The molecule has 6 nitrogen and oxygen atoms in total. The minimum Gasteiger partial charge on any atom is -0.490 e.